The molecule has 0 aliphatic carbocycles. The van der Waals surface area contributed by atoms with Crippen molar-refractivity contribution in [3.05, 3.63) is 47.5 Å². The van der Waals surface area contributed by atoms with Crippen LogP contribution in [0.5, 0.6) is 0 Å². The summed E-state index contributed by atoms with van der Waals surface area (Å²) in [5.41, 5.74) is 1.83. The van der Waals surface area contributed by atoms with E-state index in [2.05, 4.69) is 0 Å². The number of esters is 2. The van der Waals surface area contributed by atoms with E-state index in [4.69, 9.17) is 9.47 Å². The maximum Gasteiger partial charge on any atom is 0.305 e. The average Bonchev–Trinajstić information content (AvgIpc) is 2.37. The van der Waals surface area contributed by atoms with Gasteiger partial charge in [0, 0.05) is 25.8 Å². The third kappa shape index (κ3) is 5.69. The van der Waals surface area contributed by atoms with E-state index < -0.39 is 18.2 Å². The van der Waals surface area contributed by atoms with Crippen LogP contribution < -0.4 is 0 Å². The Morgan fingerprint density at radius 3 is 2.10 bits per heavy atom. The van der Waals surface area contributed by atoms with Crippen molar-refractivity contribution in [3.63, 3.8) is 0 Å². The number of hydrogen-bond acceptors (Lipinski definition) is 4. The van der Waals surface area contributed by atoms with Crippen LogP contribution in [0.2, 0.25) is 0 Å². The molecule has 1 aromatic carbocycles. The standard InChI is InChI=1S/C16H20O4/c1-4-8-15(11-14-9-6-5-7-10-14)16(19-12(2)17)20-13(3)18/h5-10,16H,4,11H2,1-3H3. The molecule has 0 saturated heterocycles. The topological polar surface area (TPSA) is 52.6 Å². The number of allylic oxidation sites excluding steroid dienone is 1. The molecule has 4 nitrogen and oxygen atoms in total. The first-order chi connectivity index (χ1) is 9.52. The van der Waals surface area contributed by atoms with E-state index in [1.165, 1.54) is 13.8 Å². The average molecular weight is 276 g/mol. The maximum absolute atomic E-state index is 11.2. The van der Waals surface area contributed by atoms with E-state index in [0.717, 1.165) is 17.6 Å². The lowest BCUT2D eigenvalue weighted by Crippen LogP contribution is -2.25. The van der Waals surface area contributed by atoms with Crippen LogP contribution in [-0.2, 0) is 25.5 Å². The molecule has 20 heavy (non-hydrogen) atoms. The molecular formula is C16H20O4. The largest absolute Gasteiger partial charge is 0.421 e. The van der Waals surface area contributed by atoms with Crippen LogP contribution in [0, 0.1) is 0 Å². The minimum atomic E-state index is -0.954. The fraction of sp³-hybridized carbons (Fsp3) is 0.375. The van der Waals surface area contributed by atoms with Gasteiger partial charge in [0.05, 0.1) is 0 Å². The normalized spacial score (nSPS) is 11.3. The molecule has 0 aliphatic heterocycles. The first kappa shape index (κ1) is 16.0. The molecule has 0 bridgehead atoms. The van der Waals surface area contributed by atoms with Crippen LogP contribution in [0.1, 0.15) is 32.8 Å². The Morgan fingerprint density at radius 2 is 1.65 bits per heavy atom. The number of carbonyl (C=O) groups excluding carboxylic acids is 2. The predicted octanol–water partition coefficient (Wildman–Crippen LogP) is 3.02. The molecule has 0 fully saturated rings. The molecule has 0 radical (unpaired) electrons. The van der Waals surface area contributed by atoms with Gasteiger partial charge in [0.15, 0.2) is 0 Å². The Hall–Kier alpha value is -2.10. The Kier molecular flexibility index (Phi) is 6.50. The van der Waals surface area contributed by atoms with Crippen LogP contribution >= 0.6 is 0 Å². The summed E-state index contributed by atoms with van der Waals surface area (Å²) in [7, 11) is 0. The maximum atomic E-state index is 11.2. The van der Waals surface area contributed by atoms with Gasteiger partial charge in [-0.05, 0) is 12.0 Å². The van der Waals surface area contributed by atoms with Crippen molar-refractivity contribution in [3.8, 4) is 0 Å². The van der Waals surface area contributed by atoms with E-state index in [-0.39, 0.29) is 0 Å². The van der Waals surface area contributed by atoms with Crippen molar-refractivity contribution in [1.82, 2.24) is 0 Å². The van der Waals surface area contributed by atoms with Crippen molar-refractivity contribution >= 4 is 11.9 Å². The Labute approximate surface area is 119 Å². The lowest BCUT2D eigenvalue weighted by molar-refractivity contribution is -0.178. The zero-order valence-electron chi connectivity index (χ0n) is 12.1. The number of carbonyl (C=O) groups is 2. The van der Waals surface area contributed by atoms with Crippen LogP contribution in [0.15, 0.2) is 42.0 Å². The van der Waals surface area contributed by atoms with Crippen LogP contribution in [-0.4, -0.2) is 18.2 Å². The first-order valence-corrected chi connectivity index (χ1v) is 6.60. The zero-order chi connectivity index (χ0) is 15.0. The van der Waals surface area contributed by atoms with E-state index in [9.17, 15) is 9.59 Å². The summed E-state index contributed by atoms with van der Waals surface area (Å²) in [4.78, 5) is 22.3. The lowest BCUT2D eigenvalue weighted by atomic mass is 10.0. The number of rotatable bonds is 6. The molecule has 1 aromatic rings. The van der Waals surface area contributed by atoms with E-state index >= 15 is 0 Å². The van der Waals surface area contributed by atoms with Gasteiger partial charge < -0.3 is 9.47 Å². The third-order valence-electron chi connectivity index (χ3n) is 2.57. The highest BCUT2D eigenvalue weighted by molar-refractivity contribution is 5.68. The number of benzene rings is 1. The summed E-state index contributed by atoms with van der Waals surface area (Å²) < 4.78 is 10.2. The van der Waals surface area contributed by atoms with Crippen molar-refractivity contribution < 1.29 is 19.1 Å². The number of hydrogen-bond donors (Lipinski definition) is 0. The van der Waals surface area contributed by atoms with Gasteiger partial charge in [-0.3, -0.25) is 9.59 Å². The van der Waals surface area contributed by atoms with Crippen molar-refractivity contribution in [2.75, 3.05) is 0 Å². The van der Waals surface area contributed by atoms with Gasteiger partial charge in [-0.2, -0.15) is 0 Å². The minimum absolute atomic E-state index is 0.480. The summed E-state index contributed by atoms with van der Waals surface area (Å²) in [6.07, 6.45) is 2.30. The van der Waals surface area contributed by atoms with Crippen LogP contribution in [0.3, 0.4) is 0 Å². The first-order valence-electron chi connectivity index (χ1n) is 6.60. The van der Waals surface area contributed by atoms with Gasteiger partial charge in [0.1, 0.15) is 0 Å². The lowest BCUT2D eigenvalue weighted by Gasteiger charge is -2.20. The fourth-order valence-corrected chi connectivity index (χ4v) is 1.82. The van der Waals surface area contributed by atoms with E-state index in [0.29, 0.717) is 6.42 Å². The van der Waals surface area contributed by atoms with E-state index in [1.54, 1.807) is 0 Å². The summed E-state index contributed by atoms with van der Waals surface area (Å²) in [6.45, 7) is 4.56. The van der Waals surface area contributed by atoms with Gasteiger partial charge in [0.2, 0.25) is 0 Å². The third-order valence-corrected chi connectivity index (χ3v) is 2.57. The summed E-state index contributed by atoms with van der Waals surface area (Å²) in [5, 5.41) is 0. The second-order valence-corrected chi connectivity index (χ2v) is 4.40. The molecule has 0 saturated carbocycles. The molecule has 108 valence electrons. The SMILES string of the molecule is CCC=C(Cc1ccccc1)C(OC(C)=O)OC(C)=O. The second kappa shape index (κ2) is 8.15. The summed E-state index contributed by atoms with van der Waals surface area (Å²) >= 11 is 0. The molecule has 0 atom stereocenters. The fourth-order valence-electron chi connectivity index (χ4n) is 1.82. The summed E-state index contributed by atoms with van der Waals surface area (Å²) in [6, 6.07) is 9.75. The Bertz CT molecular complexity index is 461. The quantitative estimate of drug-likeness (QED) is 0.455. The van der Waals surface area contributed by atoms with Crippen molar-refractivity contribution in [2.45, 2.75) is 39.9 Å². The monoisotopic (exact) mass is 276 g/mol. The molecule has 0 heterocycles. The molecular weight excluding hydrogens is 256 g/mol. The smallest absolute Gasteiger partial charge is 0.305 e. The van der Waals surface area contributed by atoms with Gasteiger partial charge in [0.25, 0.3) is 6.29 Å². The molecule has 0 amide bonds. The van der Waals surface area contributed by atoms with E-state index in [1.807, 2.05) is 43.3 Å². The van der Waals surface area contributed by atoms with Gasteiger partial charge >= 0.3 is 11.9 Å². The molecule has 0 aromatic heterocycles. The summed E-state index contributed by atoms with van der Waals surface area (Å²) in [5.74, 6) is -0.961. The molecule has 4 heteroatoms. The number of ether oxygens (including phenoxy) is 2. The highest BCUT2D eigenvalue weighted by Crippen LogP contribution is 2.17. The Balaban J connectivity index is 2.92. The highest BCUT2D eigenvalue weighted by atomic mass is 16.7. The molecule has 0 spiro atoms. The predicted molar refractivity (Wildman–Crippen MR) is 75.8 cm³/mol. The van der Waals surface area contributed by atoms with Gasteiger partial charge in [-0.15, -0.1) is 0 Å². The molecule has 0 aliphatic rings. The van der Waals surface area contributed by atoms with Crippen LogP contribution in [0.25, 0.3) is 0 Å². The highest BCUT2D eigenvalue weighted by Gasteiger charge is 2.20. The van der Waals surface area contributed by atoms with Gasteiger partial charge in [-0.25, -0.2) is 0 Å². The Morgan fingerprint density at radius 1 is 1.10 bits per heavy atom. The minimum Gasteiger partial charge on any atom is -0.421 e. The second-order valence-electron chi connectivity index (χ2n) is 4.40. The molecule has 0 unspecified atom stereocenters. The van der Waals surface area contributed by atoms with Crippen molar-refractivity contribution in [1.29, 1.82) is 0 Å². The van der Waals surface area contributed by atoms with Crippen LogP contribution in [0.4, 0.5) is 0 Å². The zero-order valence-corrected chi connectivity index (χ0v) is 12.1. The molecule has 1 rings (SSSR count). The van der Waals surface area contributed by atoms with Crippen molar-refractivity contribution in [2.24, 2.45) is 0 Å². The van der Waals surface area contributed by atoms with Gasteiger partial charge in [-0.1, -0.05) is 43.3 Å². The molecule has 0 N–H and O–H groups in total.